The van der Waals surface area contributed by atoms with E-state index in [9.17, 15) is 0 Å². The summed E-state index contributed by atoms with van der Waals surface area (Å²) in [6.45, 7) is 2.08. The lowest BCUT2D eigenvalue weighted by atomic mass is 9.98. The van der Waals surface area contributed by atoms with Crippen molar-refractivity contribution in [3.63, 3.8) is 0 Å². The number of hydrogen-bond donors (Lipinski definition) is 1. The van der Waals surface area contributed by atoms with E-state index in [0.717, 1.165) is 18.5 Å². The Hall–Kier alpha value is -1.67. The molecule has 2 nitrogen and oxygen atoms in total. The van der Waals surface area contributed by atoms with Gasteiger partial charge < -0.3 is 5.32 Å². The number of nitrogens with zero attached hydrogens (tertiary/aromatic N) is 1. The van der Waals surface area contributed by atoms with Crippen molar-refractivity contribution >= 4 is 0 Å². The minimum Gasteiger partial charge on any atom is -0.313 e. The van der Waals surface area contributed by atoms with Gasteiger partial charge >= 0.3 is 0 Å². The van der Waals surface area contributed by atoms with E-state index in [1.807, 2.05) is 19.3 Å². The number of aromatic nitrogens is 1. The lowest BCUT2D eigenvalue weighted by Crippen LogP contribution is -2.18. The second-order valence-corrected chi connectivity index (χ2v) is 4.90. The van der Waals surface area contributed by atoms with E-state index in [1.54, 1.807) is 0 Å². The van der Waals surface area contributed by atoms with Crippen molar-refractivity contribution in [2.24, 2.45) is 0 Å². The SMILES string of the molecule is CNC(CCCc1ccccc1)c1cccnc1C. The molecule has 0 fully saturated rings. The molecule has 0 saturated carbocycles. The highest BCUT2D eigenvalue weighted by Crippen LogP contribution is 2.21. The van der Waals surface area contributed by atoms with Crippen LogP contribution in [0.25, 0.3) is 0 Å². The maximum absolute atomic E-state index is 4.37. The molecular weight excluding hydrogens is 232 g/mol. The molecule has 0 aliphatic rings. The lowest BCUT2D eigenvalue weighted by Gasteiger charge is -2.18. The van der Waals surface area contributed by atoms with E-state index < -0.39 is 0 Å². The normalized spacial score (nSPS) is 12.3. The molecule has 1 N–H and O–H groups in total. The Labute approximate surface area is 115 Å². The fourth-order valence-corrected chi connectivity index (χ4v) is 2.48. The third-order valence-corrected chi connectivity index (χ3v) is 3.57. The van der Waals surface area contributed by atoms with Crippen LogP contribution in [-0.4, -0.2) is 12.0 Å². The first kappa shape index (κ1) is 13.8. The molecular formula is C17H22N2. The van der Waals surface area contributed by atoms with E-state index >= 15 is 0 Å². The monoisotopic (exact) mass is 254 g/mol. The van der Waals surface area contributed by atoms with E-state index in [0.29, 0.717) is 6.04 Å². The molecule has 1 aromatic carbocycles. The minimum absolute atomic E-state index is 0.400. The zero-order chi connectivity index (χ0) is 13.5. The summed E-state index contributed by atoms with van der Waals surface area (Å²) in [7, 11) is 2.03. The topological polar surface area (TPSA) is 24.9 Å². The fourth-order valence-electron chi connectivity index (χ4n) is 2.48. The molecule has 2 rings (SSSR count). The third kappa shape index (κ3) is 3.90. The highest BCUT2D eigenvalue weighted by Gasteiger charge is 2.11. The van der Waals surface area contributed by atoms with Gasteiger partial charge in [0.1, 0.15) is 0 Å². The standard InChI is InChI=1S/C17H22N2/c1-14-16(11-7-13-19-14)17(18-2)12-6-10-15-8-4-3-5-9-15/h3-5,7-9,11,13,17-18H,6,10,12H2,1-2H3. The van der Waals surface area contributed by atoms with Crippen LogP contribution < -0.4 is 5.32 Å². The van der Waals surface area contributed by atoms with Crippen molar-refractivity contribution in [3.8, 4) is 0 Å². The molecule has 2 heteroatoms. The van der Waals surface area contributed by atoms with Crippen LogP contribution >= 0.6 is 0 Å². The Bertz CT molecular complexity index is 494. The van der Waals surface area contributed by atoms with Gasteiger partial charge in [0.05, 0.1) is 0 Å². The maximum Gasteiger partial charge on any atom is 0.0420 e. The number of hydrogen-bond acceptors (Lipinski definition) is 2. The lowest BCUT2D eigenvalue weighted by molar-refractivity contribution is 0.523. The summed E-state index contributed by atoms with van der Waals surface area (Å²) in [5.41, 5.74) is 3.86. The van der Waals surface area contributed by atoms with Gasteiger partial charge in [-0.3, -0.25) is 4.98 Å². The molecule has 1 aromatic heterocycles. The molecule has 0 spiro atoms. The van der Waals surface area contributed by atoms with Gasteiger partial charge in [-0.05, 0) is 50.4 Å². The summed E-state index contributed by atoms with van der Waals surface area (Å²) >= 11 is 0. The molecule has 0 aliphatic carbocycles. The minimum atomic E-state index is 0.400. The van der Waals surface area contributed by atoms with Crippen molar-refractivity contribution in [1.82, 2.24) is 10.3 Å². The summed E-state index contributed by atoms with van der Waals surface area (Å²) < 4.78 is 0. The first-order valence-electron chi connectivity index (χ1n) is 6.94. The van der Waals surface area contributed by atoms with Gasteiger partial charge in [-0.2, -0.15) is 0 Å². The summed E-state index contributed by atoms with van der Waals surface area (Å²) in [4.78, 5) is 4.37. The van der Waals surface area contributed by atoms with Gasteiger partial charge in [0.2, 0.25) is 0 Å². The molecule has 100 valence electrons. The van der Waals surface area contributed by atoms with E-state index in [-0.39, 0.29) is 0 Å². The second-order valence-electron chi connectivity index (χ2n) is 4.90. The van der Waals surface area contributed by atoms with Crippen molar-refractivity contribution < 1.29 is 0 Å². The third-order valence-electron chi connectivity index (χ3n) is 3.57. The average Bonchev–Trinajstić information content (AvgIpc) is 2.46. The van der Waals surface area contributed by atoms with Gasteiger partial charge in [0, 0.05) is 17.9 Å². The van der Waals surface area contributed by atoms with Crippen LogP contribution in [0.2, 0.25) is 0 Å². The summed E-state index contributed by atoms with van der Waals surface area (Å²) in [6.07, 6.45) is 5.32. The van der Waals surface area contributed by atoms with Crippen LogP contribution in [0.3, 0.4) is 0 Å². The molecule has 2 aromatic rings. The van der Waals surface area contributed by atoms with Gasteiger partial charge in [-0.1, -0.05) is 36.4 Å². The number of nitrogens with one attached hydrogen (secondary N) is 1. The summed E-state index contributed by atoms with van der Waals surface area (Å²) in [5.74, 6) is 0. The highest BCUT2D eigenvalue weighted by atomic mass is 14.9. The van der Waals surface area contributed by atoms with Gasteiger partial charge in [-0.15, -0.1) is 0 Å². The second kappa shape index (κ2) is 7.05. The zero-order valence-electron chi connectivity index (χ0n) is 11.8. The first-order chi connectivity index (χ1) is 9.31. The van der Waals surface area contributed by atoms with Crippen molar-refractivity contribution in [2.45, 2.75) is 32.2 Å². The predicted molar refractivity (Wildman–Crippen MR) is 80.2 cm³/mol. The molecule has 19 heavy (non-hydrogen) atoms. The Morgan fingerprint density at radius 2 is 1.89 bits per heavy atom. The molecule has 0 bridgehead atoms. The number of benzene rings is 1. The van der Waals surface area contributed by atoms with Crippen LogP contribution in [0.15, 0.2) is 48.7 Å². The Kier molecular flexibility index (Phi) is 5.10. The molecule has 0 aliphatic heterocycles. The van der Waals surface area contributed by atoms with Gasteiger partial charge in [0.15, 0.2) is 0 Å². The Morgan fingerprint density at radius 3 is 2.58 bits per heavy atom. The molecule has 0 radical (unpaired) electrons. The zero-order valence-corrected chi connectivity index (χ0v) is 11.8. The van der Waals surface area contributed by atoms with Crippen LogP contribution in [0, 0.1) is 6.92 Å². The van der Waals surface area contributed by atoms with Gasteiger partial charge in [0.25, 0.3) is 0 Å². The molecule has 1 unspecified atom stereocenters. The number of aryl methyl sites for hydroxylation is 2. The van der Waals surface area contributed by atoms with Crippen LogP contribution in [0.5, 0.6) is 0 Å². The van der Waals surface area contributed by atoms with E-state index in [2.05, 4.69) is 53.6 Å². The largest absolute Gasteiger partial charge is 0.313 e. The molecule has 1 atom stereocenters. The van der Waals surface area contributed by atoms with Crippen LogP contribution in [0.1, 0.15) is 35.7 Å². The summed E-state index contributed by atoms with van der Waals surface area (Å²) in [6, 6.07) is 15.3. The summed E-state index contributed by atoms with van der Waals surface area (Å²) in [5, 5.41) is 3.41. The Morgan fingerprint density at radius 1 is 1.11 bits per heavy atom. The van der Waals surface area contributed by atoms with Crippen LogP contribution in [-0.2, 0) is 6.42 Å². The van der Waals surface area contributed by atoms with Crippen molar-refractivity contribution in [1.29, 1.82) is 0 Å². The fraction of sp³-hybridized carbons (Fsp3) is 0.353. The van der Waals surface area contributed by atoms with E-state index in [1.165, 1.54) is 17.5 Å². The molecule has 0 amide bonds. The highest BCUT2D eigenvalue weighted by molar-refractivity contribution is 5.22. The van der Waals surface area contributed by atoms with Crippen molar-refractivity contribution in [2.75, 3.05) is 7.05 Å². The Balaban J connectivity index is 1.92. The predicted octanol–water partition coefficient (Wildman–Crippen LogP) is 3.67. The quantitative estimate of drug-likeness (QED) is 0.850. The van der Waals surface area contributed by atoms with E-state index in [4.69, 9.17) is 0 Å². The average molecular weight is 254 g/mol. The smallest absolute Gasteiger partial charge is 0.0420 e. The molecule has 1 heterocycles. The van der Waals surface area contributed by atoms with Crippen molar-refractivity contribution in [3.05, 3.63) is 65.5 Å². The first-order valence-corrected chi connectivity index (χ1v) is 6.94. The van der Waals surface area contributed by atoms with Gasteiger partial charge in [-0.25, -0.2) is 0 Å². The number of rotatable bonds is 6. The maximum atomic E-state index is 4.37. The number of pyridine rings is 1. The van der Waals surface area contributed by atoms with Crippen LogP contribution in [0.4, 0.5) is 0 Å². The molecule has 0 saturated heterocycles.